The van der Waals surface area contributed by atoms with Crippen molar-refractivity contribution in [2.24, 2.45) is 0 Å². The van der Waals surface area contributed by atoms with Crippen LogP contribution in [0.15, 0.2) is 30.3 Å². The van der Waals surface area contributed by atoms with Crippen LogP contribution in [-0.4, -0.2) is 56.9 Å². The van der Waals surface area contributed by atoms with Crippen LogP contribution < -0.4 is 10.2 Å². The van der Waals surface area contributed by atoms with Crippen LogP contribution in [0.2, 0.25) is 0 Å². The summed E-state index contributed by atoms with van der Waals surface area (Å²) in [4.78, 5) is 25.2. The van der Waals surface area contributed by atoms with E-state index in [0.717, 1.165) is 35.4 Å². The Labute approximate surface area is 178 Å². The lowest BCUT2D eigenvalue weighted by molar-refractivity contribution is 0.208. The zero-order valence-corrected chi connectivity index (χ0v) is 17.6. The Bertz CT molecular complexity index is 1120. The number of nitrogens with zero attached hydrogens (tertiary/aromatic N) is 6. The maximum atomic E-state index is 13.8. The van der Waals surface area contributed by atoms with Gasteiger partial charge in [-0.3, -0.25) is 0 Å². The Kier molecular flexibility index (Phi) is 5.53. The van der Waals surface area contributed by atoms with Gasteiger partial charge in [-0.25, -0.2) is 28.2 Å². The van der Waals surface area contributed by atoms with E-state index in [1.54, 1.807) is 9.58 Å². The number of carbonyl (C=O) groups excluding carboxylic acids is 1. The van der Waals surface area contributed by atoms with Crippen molar-refractivity contribution in [2.45, 2.75) is 20.8 Å². The van der Waals surface area contributed by atoms with Crippen LogP contribution in [0.5, 0.6) is 0 Å². The number of aromatic nitrogens is 4. The first kappa shape index (κ1) is 20.7. The standard InChI is InChI=1S/C21H23F2N7O/c1-13-10-14(2)30(27-13)20-12-19(24-15(3)25-20)28-6-8-29(9-7-28)21(31)26-18-11-16(22)4-5-17(18)23/h4-5,10-12H,6-9H2,1-3H3,(H,26,31). The fraction of sp³-hybridized carbons (Fsp3) is 0.333. The number of piperazine rings is 1. The van der Waals surface area contributed by atoms with Gasteiger partial charge in [0.25, 0.3) is 0 Å². The SMILES string of the molecule is Cc1cc(C)n(-c2cc(N3CCN(C(=O)Nc4cc(F)ccc4F)CC3)nc(C)n2)n1. The molecule has 31 heavy (non-hydrogen) atoms. The Morgan fingerprint density at radius 2 is 1.68 bits per heavy atom. The molecule has 4 rings (SSSR count). The van der Waals surface area contributed by atoms with Crippen molar-refractivity contribution in [1.82, 2.24) is 24.6 Å². The molecule has 1 saturated heterocycles. The number of halogens is 2. The molecule has 1 aliphatic rings. The quantitative estimate of drug-likeness (QED) is 0.694. The number of rotatable bonds is 3. The molecule has 0 atom stereocenters. The van der Waals surface area contributed by atoms with Gasteiger partial charge < -0.3 is 15.1 Å². The van der Waals surface area contributed by atoms with Gasteiger partial charge in [0, 0.05) is 44.0 Å². The van der Waals surface area contributed by atoms with Crippen LogP contribution in [0, 0.1) is 32.4 Å². The zero-order chi connectivity index (χ0) is 22.1. The van der Waals surface area contributed by atoms with Gasteiger partial charge in [0.15, 0.2) is 5.82 Å². The molecule has 0 radical (unpaired) electrons. The minimum atomic E-state index is -0.679. The summed E-state index contributed by atoms with van der Waals surface area (Å²) >= 11 is 0. The molecule has 8 nitrogen and oxygen atoms in total. The number of aryl methyl sites for hydroxylation is 3. The summed E-state index contributed by atoms with van der Waals surface area (Å²) < 4.78 is 28.9. The highest BCUT2D eigenvalue weighted by Crippen LogP contribution is 2.20. The van der Waals surface area contributed by atoms with Gasteiger partial charge in [-0.1, -0.05) is 0 Å². The van der Waals surface area contributed by atoms with Gasteiger partial charge in [-0.15, -0.1) is 0 Å². The summed E-state index contributed by atoms with van der Waals surface area (Å²) in [7, 11) is 0. The molecule has 2 amide bonds. The molecule has 0 saturated carbocycles. The van der Waals surface area contributed by atoms with E-state index in [4.69, 9.17) is 0 Å². The van der Waals surface area contributed by atoms with Gasteiger partial charge in [0.1, 0.15) is 23.3 Å². The van der Waals surface area contributed by atoms with E-state index in [-0.39, 0.29) is 5.69 Å². The topological polar surface area (TPSA) is 79.2 Å². The van der Waals surface area contributed by atoms with E-state index >= 15 is 0 Å². The van der Waals surface area contributed by atoms with Crippen LogP contribution in [0.1, 0.15) is 17.2 Å². The third-order valence-corrected chi connectivity index (χ3v) is 5.10. The minimum absolute atomic E-state index is 0.173. The maximum absolute atomic E-state index is 13.8. The van der Waals surface area contributed by atoms with Crippen LogP contribution in [0.3, 0.4) is 0 Å². The highest BCUT2D eigenvalue weighted by Gasteiger charge is 2.23. The van der Waals surface area contributed by atoms with Crippen molar-refractivity contribution < 1.29 is 13.6 Å². The first-order valence-corrected chi connectivity index (χ1v) is 9.95. The lowest BCUT2D eigenvalue weighted by Gasteiger charge is -2.35. The lowest BCUT2D eigenvalue weighted by Crippen LogP contribution is -2.50. The molecule has 2 aromatic heterocycles. The minimum Gasteiger partial charge on any atom is -0.353 e. The zero-order valence-electron chi connectivity index (χ0n) is 17.6. The van der Waals surface area contributed by atoms with Gasteiger partial charge in [0.2, 0.25) is 0 Å². The summed E-state index contributed by atoms with van der Waals surface area (Å²) in [5.74, 6) is 0.781. The molecule has 1 aromatic carbocycles. The maximum Gasteiger partial charge on any atom is 0.322 e. The summed E-state index contributed by atoms with van der Waals surface area (Å²) in [5, 5.41) is 6.93. The number of anilines is 2. The molecule has 0 unspecified atom stereocenters. The van der Waals surface area contributed by atoms with Crippen molar-refractivity contribution in [3.8, 4) is 5.82 Å². The second kappa shape index (κ2) is 8.29. The smallest absolute Gasteiger partial charge is 0.322 e. The van der Waals surface area contributed by atoms with Crippen molar-refractivity contribution in [1.29, 1.82) is 0 Å². The predicted molar refractivity (Wildman–Crippen MR) is 113 cm³/mol. The molecular weight excluding hydrogens is 404 g/mol. The summed E-state index contributed by atoms with van der Waals surface area (Å²) in [6.07, 6.45) is 0. The molecule has 162 valence electrons. The molecule has 3 heterocycles. The number of hydrogen-bond donors (Lipinski definition) is 1. The first-order valence-electron chi connectivity index (χ1n) is 9.95. The second-order valence-corrected chi connectivity index (χ2v) is 7.50. The van der Waals surface area contributed by atoms with E-state index in [9.17, 15) is 13.6 Å². The van der Waals surface area contributed by atoms with Crippen LogP contribution in [0.4, 0.5) is 25.1 Å². The molecule has 1 fully saturated rings. The number of urea groups is 1. The normalized spacial score (nSPS) is 14.1. The molecular formula is C21H23F2N7O. The summed E-state index contributed by atoms with van der Waals surface area (Å²) in [6, 6.07) is 6.36. The third-order valence-electron chi connectivity index (χ3n) is 5.10. The fourth-order valence-electron chi connectivity index (χ4n) is 3.59. The highest BCUT2D eigenvalue weighted by atomic mass is 19.1. The number of amides is 2. The van der Waals surface area contributed by atoms with Crippen molar-refractivity contribution in [2.75, 3.05) is 36.4 Å². The first-order chi connectivity index (χ1) is 14.8. The Morgan fingerprint density at radius 3 is 2.35 bits per heavy atom. The number of nitrogens with one attached hydrogen (secondary N) is 1. The van der Waals surface area contributed by atoms with Gasteiger partial charge in [-0.2, -0.15) is 5.10 Å². The second-order valence-electron chi connectivity index (χ2n) is 7.50. The molecule has 0 spiro atoms. The van der Waals surface area contributed by atoms with E-state index in [2.05, 4.69) is 25.3 Å². The predicted octanol–water partition coefficient (Wildman–Crippen LogP) is 3.22. The van der Waals surface area contributed by atoms with Crippen LogP contribution in [-0.2, 0) is 0 Å². The highest BCUT2D eigenvalue weighted by molar-refractivity contribution is 5.89. The molecule has 0 aliphatic carbocycles. The van der Waals surface area contributed by atoms with Crippen molar-refractivity contribution in [3.63, 3.8) is 0 Å². The van der Waals surface area contributed by atoms with Gasteiger partial charge in [0.05, 0.1) is 11.4 Å². The van der Waals surface area contributed by atoms with E-state index in [1.807, 2.05) is 32.9 Å². The van der Waals surface area contributed by atoms with E-state index in [0.29, 0.717) is 37.8 Å². The Hall–Kier alpha value is -3.56. The van der Waals surface area contributed by atoms with Crippen LogP contribution in [0.25, 0.3) is 5.82 Å². The number of hydrogen-bond acceptors (Lipinski definition) is 5. The van der Waals surface area contributed by atoms with Crippen molar-refractivity contribution >= 4 is 17.5 Å². The monoisotopic (exact) mass is 427 g/mol. The third kappa shape index (κ3) is 4.47. The molecule has 3 aromatic rings. The Balaban J connectivity index is 1.44. The molecule has 10 heteroatoms. The number of benzene rings is 1. The summed E-state index contributed by atoms with van der Waals surface area (Å²) in [5.41, 5.74) is 1.71. The van der Waals surface area contributed by atoms with E-state index < -0.39 is 17.7 Å². The number of carbonyl (C=O) groups is 1. The average molecular weight is 427 g/mol. The Morgan fingerprint density at radius 1 is 0.968 bits per heavy atom. The molecule has 1 aliphatic heterocycles. The summed E-state index contributed by atoms with van der Waals surface area (Å²) in [6.45, 7) is 7.66. The average Bonchev–Trinajstić information content (AvgIpc) is 3.08. The van der Waals surface area contributed by atoms with Gasteiger partial charge >= 0.3 is 6.03 Å². The fourth-order valence-corrected chi connectivity index (χ4v) is 3.59. The van der Waals surface area contributed by atoms with Crippen molar-refractivity contribution in [3.05, 3.63) is 59.2 Å². The lowest BCUT2D eigenvalue weighted by atomic mass is 10.3. The van der Waals surface area contributed by atoms with E-state index in [1.165, 1.54) is 0 Å². The van der Waals surface area contributed by atoms with Gasteiger partial charge in [-0.05, 0) is 39.0 Å². The van der Waals surface area contributed by atoms with Crippen LogP contribution >= 0.6 is 0 Å². The molecule has 0 bridgehead atoms. The largest absolute Gasteiger partial charge is 0.353 e. The molecule has 1 N–H and O–H groups in total.